The van der Waals surface area contributed by atoms with Gasteiger partial charge in [-0.3, -0.25) is 4.79 Å². The minimum atomic E-state index is -0.804. The summed E-state index contributed by atoms with van der Waals surface area (Å²) in [5, 5.41) is 3.15. The molecule has 6 aliphatic rings. The van der Waals surface area contributed by atoms with E-state index in [1.54, 1.807) is 0 Å². The van der Waals surface area contributed by atoms with Crippen LogP contribution in [0.15, 0.2) is 0 Å². The molecule has 0 radical (unpaired) electrons. The Kier molecular flexibility index (Phi) is 5.18. The van der Waals surface area contributed by atoms with Crippen molar-refractivity contribution in [1.29, 1.82) is 0 Å². The molecule has 6 fully saturated rings. The third-order valence-corrected chi connectivity index (χ3v) is 8.32. The topological polar surface area (TPSA) is 75.3 Å². The number of hydrogen-bond acceptors (Lipinski definition) is 6. The van der Waals surface area contributed by atoms with Crippen molar-refractivity contribution in [1.82, 2.24) is 5.32 Å². The predicted octanol–water partition coefficient (Wildman–Crippen LogP) is 2.78. The molecule has 7 nitrogen and oxygen atoms in total. The second-order valence-electron chi connectivity index (χ2n) is 10.1. The zero-order valence-corrected chi connectivity index (χ0v) is 17.9. The van der Waals surface area contributed by atoms with Gasteiger partial charge in [-0.25, -0.2) is 9.78 Å². The van der Waals surface area contributed by atoms with Crippen LogP contribution in [0.1, 0.15) is 59.3 Å². The monoisotopic (exact) mass is 409 g/mol. The number of hydrogen-bond donors (Lipinski definition) is 1. The van der Waals surface area contributed by atoms with Crippen molar-refractivity contribution in [3.05, 3.63) is 0 Å². The molecule has 1 spiro atoms. The van der Waals surface area contributed by atoms with E-state index in [1.165, 1.54) is 0 Å². The molecule has 0 unspecified atom stereocenters. The summed E-state index contributed by atoms with van der Waals surface area (Å²) in [4.78, 5) is 25.1. The standard InChI is InChI=1S/C22H35NO6/c1-13-4-5-17-14(2)18(19(24)23-12-15-7-10-25-11-8-15)26-20-22(17)16(13)6-9-21(3,27-20)28-29-22/h13-18,20H,4-12H2,1-3H3,(H,23,24)/t13-,14-,16+,17+,18-,20-,21-,22-/m1/s1. The fourth-order valence-corrected chi connectivity index (χ4v) is 6.50. The van der Waals surface area contributed by atoms with Gasteiger partial charge in [-0.15, -0.1) is 0 Å². The van der Waals surface area contributed by atoms with E-state index in [9.17, 15) is 4.79 Å². The van der Waals surface area contributed by atoms with E-state index in [-0.39, 0.29) is 17.7 Å². The SMILES string of the molecule is C[C@H]1[C@H](C(=O)NCC2CCOCC2)O[C@@H]2O[C@@]3(C)CC[C@H]4[C@H](C)CC[C@@H]1[C@@]24OO3. The van der Waals surface area contributed by atoms with Gasteiger partial charge in [0.1, 0.15) is 6.10 Å². The second kappa shape index (κ2) is 7.45. The van der Waals surface area contributed by atoms with Crippen LogP contribution in [0.4, 0.5) is 0 Å². The third-order valence-electron chi connectivity index (χ3n) is 8.32. The number of ether oxygens (including phenoxy) is 3. The van der Waals surface area contributed by atoms with Gasteiger partial charge in [0.2, 0.25) is 11.7 Å². The maximum atomic E-state index is 13.1. The maximum Gasteiger partial charge on any atom is 0.249 e. The highest BCUT2D eigenvalue weighted by Crippen LogP contribution is 2.60. The van der Waals surface area contributed by atoms with E-state index in [0.717, 1.165) is 51.7 Å². The van der Waals surface area contributed by atoms with Gasteiger partial charge in [-0.1, -0.05) is 13.8 Å². The Balaban J connectivity index is 1.36. The van der Waals surface area contributed by atoms with Gasteiger partial charge in [-0.2, -0.15) is 0 Å². The highest BCUT2D eigenvalue weighted by molar-refractivity contribution is 5.81. The number of carbonyl (C=O) groups excluding carboxylic acids is 1. The maximum absolute atomic E-state index is 13.1. The van der Waals surface area contributed by atoms with Gasteiger partial charge in [0, 0.05) is 32.1 Å². The fourth-order valence-electron chi connectivity index (χ4n) is 6.50. The predicted molar refractivity (Wildman–Crippen MR) is 103 cm³/mol. The number of fused-ring (bicyclic) bond motifs is 2. The first-order valence-corrected chi connectivity index (χ1v) is 11.5. The molecule has 2 bridgehead atoms. The summed E-state index contributed by atoms with van der Waals surface area (Å²) in [7, 11) is 0. The summed E-state index contributed by atoms with van der Waals surface area (Å²) in [6, 6.07) is 0. The first kappa shape index (κ1) is 20.2. The number of nitrogens with one attached hydrogen (secondary N) is 1. The van der Waals surface area contributed by atoms with E-state index in [4.69, 9.17) is 24.0 Å². The van der Waals surface area contributed by atoms with Gasteiger partial charge in [0.15, 0.2) is 11.9 Å². The lowest BCUT2D eigenvalue weighted by molar-refractivity contribution is -0.569. The average molecular weight is 410 g/mol. The summed E-state index contributed by atoms with van der Waals surface area (Å²) < 4.78 is 18.2. The second-order valence-corrected chi connectivity index (χ2v) is 10.1. The Labute approximate surface area is 173 Å². The third kappa shape index (κ3) is 3.24. The van der Waals surface area contributed by atoms with Gasteiger partial charge in [0.25, 0.3) is 0 Å². The van der Waals surface area contributed by atoms with Crippen LogP contribution < -0.4 is 5.32 Å². The fraction of sp³-hybridized carbons (Fsp3) is 0.955. The Morgan fingerprint density at radius 1 is 1.03 bits per heavy atom. The number of carbonyl (C=O) groups is 1. The molecular formula is C22H35NO6. The summed E-state index contributed by atoms with van der Waals surface area (Å²) in [6.07, 6.45) is 4.86. The van der Waals surface area contributed by atoms with Crippen LogP contribution in [0.3, 0.4) is 0 Å². The molecule has 0 aromatic rings. The molecule has 6 rings (SSSR count). The van der Waals surface area contributed by atoms with Crippen LogP contribution in [0.2, 0.25) is 0 Å². The van der Waals surface area contributed by atoms with Crippen LogP contribution in [-0.4, -0.2) is 49.4 Å². The zero-order chi connectivity index (χ0) is 20.2. The smallest absolute Gasteiger partial charge is 0.249 e. The van der Waals surface area contributed by atoms with E-state index >= 15 is 0 Å². The first-order valence-electron chi connectivity index (χ1n) is 11.5. The normalized spacial score (nSPS) is 49.9. The summed E-state index contributed by atoms with van der Waals surface area (Å²) in [5.74, 6) is 0.735. The van der Waals surface area contributed by atoms with Gasteiger partial charge in [-0.05, 0) is 62.7 Å². The van der Waals surface area contributed by atoms with Crippen LogP contribution in [0.25, 0.3) is 0 Å². The highest BCUT2D eigenvalue weighted by atomic mass is 17.3. The summed E-state index contributed by atoms with van der Waals surface area (Å²) >= 11 is 0. The molecule has 1 N–H and O–H groups in total. The minimum absolute atomic E-state index is 0.0243. The van der Waals surface area contributed by atoms with Crippen LogP contribution >= 0.6 is 0 Å². The van der Waals surface area contributed by atoms with Crippen molar-refractivity contribution in [2.75, 3.05) is 19.8 Å². The van der Waals surface area contributed by atoms with E-state index in [0.29, 0.717) is 24.3 Å². The van der Waals surface area contributed by atoms with Crippen LogP contribution in [0, 0.1) is 29.6 Å². The summed E-state index contributed by atoms with van der Waals surface area (Å²) in [5.41, 5.74) is -0.607. The molecular weight excluding hydrogens is 374 g/mol. The van der Waals surface area contributed by atoms with Crippen molar-refractivity contribution in [2.45, 2.75) is 83.1 Å². The summed E-state index contributed by atoms with van der Waals surface area (Å²) in [6.45, 7) is 8.60. The van der Waals surface area contributed by atoms with Crippen molar-refractivity contribution >= 4 is 5.91 Å². The molecule has 5 heterocycles. The van der Waals surface area contributed by atoms with E-state index in [2.05, 4.69) is 19.2 Å². The Bertz CT molecular complexity index is 639. The average Bonchev–Trinajstić information content (AvgIpc) is 2.95. The van der Waals surface area contributed by atoms with E-state index < -0.39 is 23.8 Å². The quantitative estimate of drug-likeness (QED) is 0.723. The lowest BCUT2D eigenvalue weighted by atomic mass is 9.57. The van der Waals surface area contributed by atoms with Crippen LogP contribution in [0.5, 0.6) is 0 Å². The molecule has 0 aromatic heterocycles. The van der Waals surface area contributed by atoms with Crippen molar-refractivity contribution in [2.24, 2.45) is 29.6 Å². The largest absolute Gasteiger partial charge is 0.381 e. The molecule has 164 valence electrons. The van der Waals surface area contributed by atoms with Gasteiger partial charge in [0.05, 0.1) is 0 Å². The van der Waals surface area contributed by atoms with Crippen molar-refractivity contribution in [3.8, 4) is 0 Å². The molecule has 5 saturated heterocycles. The van der Waals surface area contributed by atoms with Crippen molar-refractivity contribution in [3.63, 3.8) is 0 Å². The molecule has 1 aliphatic carbocycles. The number of amides is 1. The molecule has 29 heavy (non-hydrogen) atoms. The van der Waals surface area contributed by atoms with Crippen LogP contribution in [-0.2, 0) is 28.8 Å². The highest BCUT2D eigenvalue weighted by Gasteiger charge is 2.69. The van der Waals surface area contributed by atoms with E-state index in [1.807, 2.05) is 6.92 Å². The molecule has 5 aliphatic heterocycles. The minimum Gasteiger partial charge on any atom is -0.381 e. The Hall–Kier alpha value is -0.730. The van der Waals surface area contributed by atoms with Crippen molar-refractivity contribution < 1.29 is 28.8 Å². The lowest BCUT2D eigenvalue weighted by Gasteiger charge is -2.60. The Morgan fingerprint density at radius 2 is 1.83 bits per heavy atom. The molecule has 1 amide bonds. The molecule has 1 saturated carbocycles. The number of rotatable bonds is 3. The zero-order valence-electron chi connectivity index (χ0n) is 17.9. The molecule has 7 heteroatoms. The van der Waals surface area contributed by atoms with Gasteiger partial charge < -0.3 is 19.5 Å². The molecule has 8 atom stereocenters. The van der Waals surface area contributed by atoms with Gasteiger partial charge >= 0.3 is 0 Å². The first-order chi connectivity index (χ1) is 13.9. The molecule has 0 aromatic carbocycles. The lowest BCUT2D eigenvalue weighted by Crippen LogP contribution is -2.71. The Morgan fingerprint density at radius 3 is 2.62 bits per heavy atom.